The molecule has 2 N–H and O–H groups in total. The zero-order valence-corrected chi connectivity index (χ0v) is 24.6. The molecule has 0 fully saturated rings. The summed E-state index contributed by atoms with van der Waals surface area (Å²) in [5, 5.41) is 11.2. The SMILES string of the molecule is CCCSC(c1ccccc1)(c1ccccc1)c1ccc(OC)cc1.CNC(=O)Oc1ccc(O)cc1.COC. The predicted molar refractivity (Wildman–Crippen MR) is 165 cm³/mol. The summed E-state index contributed by atoms with van der Waals surface area (Å²) in [6, 6.07) is 36.0. The predicted octanol–water partition coefficient (Wildman–Crippen LogP) is 7.50. The van der Waals surface area contributed by atoms with Crippen molar-refractivity contribution < 1.29 is 24.1 Å². The van der Waals surface area contributed by atoms with E-state index >= 15 is 0 Å². The molecule has 7 heteroatoms. The van der Waals surface area contributed by atoms with Gasteiger partial charge in [-0.05, 0) is 65.3 Å². The molecule has 212 valence electrons. The first-order valence-electron chi connectivity index (χ1n) is 12.9. The first kappa shape index (κ1) is 32.3. The molecule has 0 radical (unpaired) electrons. The van der Waals surface area contributed by atoms with Crippen molar-refractivity contribution >= 4 is 17.9 Å². The number of nitrogens with one attached hydrogen (secondary N) is 1. The minimum absolute atomic E-state index is 0.138. The summed E-state index contributed by atoms with van der Waals surface area (Å²) in [7, 11) is 6.44. The lowest BCUT2D eigenvalue weighted by Crippen LogP contribution is -2.26. The van der Waals surface area contributed by atoms with Crippen LogP contribution in [0.15, 0.2) is 109 Å². The van der Waals surface area contributed by atoms with Crippen LogP contribution in [-0.4, -0.2) is 45.3 Å². The van der Waals surface area contributed by atoms with Gasteiger partial charge in [-0.3, -0.25) is 0 Å². The lowest BCUT2D eigenvalue weighted by Gasteiger charge is -2.35. The van der Waals surface area contributed by atoms with E-state index in [2.05, 4.69) is 102 Å². The van der Waals surface area contributed by atoms with Crippen LogP contribution in [0.2, 0.25) is 0 Å². The van der Waals surface area contributed by atoms with Gasteiger partial charge in [-0.25, -0.2) is 4.79 Å². The highest BCUT2D eigenvalue weighted by atomic mass is 32.2. The molecule has 0 heterocycles. The van der Waals surface area contributed by atoms with Gasteiger partial charge in [0.1, 0.15) is 17.2 Å². The Bertz CT molecular complexity index is 1190. The molecule has 0 bridgehead atoms. The van der Waals surface area contributed by atoms with E-state index in [1.54, 1.807) is 21.3 Å². The van der Waals surface area contributed by atoms with Gasteiger partial charge in [0.25, 0.3) is 0 Å². The molecule has 6 nitrogen and oxygen atoms in total. The van der Waals surface area contributed by atoms with Crippen molar-refractivity contribution in [3.05, 3.63) is 126 Å². The Morgan fingerprint density at radius 3 is 1.62 bits per heavy atom. The van der Waals surface area contributed by atoms with Crippen LogP contribution in [0.3, 0.4) is 0 Å². The molecule has 0 aliphatic carbocycles. The summed E-state index contributed by atoms with van der Waals surface area (Å²) in [6.45, 7) is 2.24. The highest BCUT2D eigenvalue weighted by Crippen LogP contribution is 2.48. The molecule has 1 amide bonds. The molecule has 4 aromatic carbocycles. The summed E-state index contributed by atoms with van der Waals surface area (Å²) < 4.78 is 14.2. The van der Waals surface area contributed by atoms with Crippen molar-refractivity contribution in [2.45, 2.75) is 18.1 Å². The van der Waals surface area contributed by atoms with Crippen LogP contribution < -0.4 is 14.8 Å². The second kappa shape index (κ2) is 17.6. The fourth-order valence-electron chi connectivity index (χ4n) is 3.85. The topological polar surface area (TPSA) is 77.0 Å². The van der Waals surface area contributed by atoms with E-state index < -0.39 is 6.09 Å². The van der Waals surface area contributed by atoms with Gasteiger partial charge in [0.2, 0.25) is 0 Å². The van der Waals surface area contributed by atoms with Gasteiger partial charge in [-0.2, -0.15) is 0 Å². The summed E-state index contributed by atoms with van der Waals surface area (Å²) >= 11 is 2.00. The zero-order chi connectivity index (χ0) is 29.2. The molecule has 4 rings (SSSR count). The molecule has 0 saturated carbocycles. The van der Waals surface area contributed by atoms with Gasteiger partial charge >= 0.3 is 6.09 Å². The van der Waals surface area contributed by atoms with Gasteiger partial charge < -0.3 is 24.6 Å². The van der Waals surface area contributed by atoms with E-state index in [4.69, 9.17) is 14.6 Å². The van der Waals surface area contributed by atoms with Crippen molar-refractivity contribution in [1.82, 2.24) is 5.32 Å². The largest absolute Gasteiger partial charge is 0.508 e. The number of thioether (sulfide) groups is 1. The molecule has 0 unspecified atom stereocenters. The third-order valence-electron chi connectivity index (χ3n) is 5.63. The highest BCUT2D eigenvalue weighted by Gasteiger charge is 2.36. The molecule has 4 aromatic rings. The highest BCUT2D eigenvalue weighted by molar-refractivity contribution is 8.00. The maximum Gasteiger partial charge on any atom is 0.412 e. The molecule has 0 atom stereocenters. The minimum atomic E-state index is -0.527. The Balaban J connectivity index is 0.000000312. The Morgan fingerprint density at radius 2 is 1.20 bits per heavy atom. The third kappa shape index (κ3) is 9.36. The lowest BCUT2D eigenvalue weighted by molar-refractivity contribution is 0.203. The number of ether oxygens (including phenoxy) is 3. The summed E-state index contributed by atoms with van der Waals surface area (Å²) in [5.74, 6) is 2.51. The molecular weight excluding hydrogens is 522 g/mol. The fraction of sp³-hybridized carbons (Fsp3) is 0.242. The van der Waals surface area contributed by atoms with E-state index in [1.165, 1.54) is 48.0 Å². The Kier molecular flexibility index (Phi) is 14.2. The number of carbonyl (C=O) groups excluding carboxylic acids is 1. The summed E-state index contributed by atoms with van der Waals surface area (Å²) in [4.78, 5) is 10.7. The van der Waals surface area contributed by atoms with E-state index in [0.717, 1.165) is 17.9 Å². The van der Waals surface area contributed by atoms with E-state index in [-0.39, 0.29) is 10.5 Å². The number of phenolic OH excluding ortho intramolecular Hbond substituents is 1. The molecule has 0 aliphatic heterocycles. The number of amides is 1. The molecular formula is C33H39NO5S. The zero-order valence-electron chi connectivity index (χ0n) is 23.8. The Hall–Kier alpha value is -3.94. The van der Waals surface area contributed by atoms with Crippen LogP contribution in [0, 0.1) is 0 Å². The number of aromatic hydroxyl groups is 1. The average Bonchev–Trinajstić information content (AvgIpc) is 3.01. The van der Waals surface area contributed by atoms with Gasteiger partial charge in [0, 0.05) is 21.3 Å². The van der Waals surface area contributed by atoms with Crippen molar-refractivity contribution in [3.63, 3.8) is 0 Å². The molecule has 0 aliphatic rings. The number of benzene rings is 4. The van der Waals surface area contributed by atoms with Crippen LogP contribution >= 0.6 is 11.8 Å². The van der Waals surface area contributed by atoms with Gasteiger partial charge in [0.15, 0.2) is 0 Å². The number of hydrogen-bond donors (Lipinski definition) is 2. The molecule has 0 spiro atoms. The summed E-state index contributed by atoms with van der Waals surface area (Å²) in [6.07, 6.45) is 0.614. The number of methoxy groups -OCH3 is 2. The van der Waals surface area contributed by atoms with E-state index in [0.29, 0.717) is 5.75 Å². The number of rotatable bonds is 8. The van der Waals surface area contributed by atoms with Crippen molar-refractivity contribution in [1.29, 1.82) is 0 Å². The smallest absolute Gasteiger partial charge is 0.412 e. The fourth-order valence-corrected chi connectivity index (χ4v) is 5.27. The molecule has 0 saturated heterocycles. The molecule has 40 heavy (non-hydrogen) atoms. The maximum absolute atomic E-state index is 10.7. The number of hydrogen-bond acceptors (Lipinski definition) is 6. The van der Waals surface area contributed by atoms with Gasteiger partial charge in [-0.1, -0.05) is 79.7 Å². The number of carbonyl (C=O) groups is 1. The van der Waals surface area contributed by atoms with Crippen LogP contribution in [-0.2, 0) is 9.48 Å². The first-order chi connectivity index (χ1) is 19.4. The van der Waals surface area contributed by atoms with Crippen molar-refractivity contribution in [2.75, 3.05) is 34.1 Å². The van der Waals surface area contributed by atoms with Gasteiger partial charge in [0.05, 0.1) is 11.9 Å². The average molecular weight is 562 g/mol. The second-order valence-corrected chi connectivity index (χ2v) is 9.84. The number of phenols is 1. The summed E-state index contributed by atoms with van der Waals surface area (Å²) in [5.41, 5.74) is 3.90. The Morgan fingerprint density at radius 1 is 0.750 bits per heavy atom. The van der Waals surface area contributed by atoms with Crippen LogP contribution in [0.25, 0.3) is 0 Å². The first-order valence-corrected chi connectivity index (χ1v) is 13.9. The van der Waals surface area contributed by atoms with Crippen molar-refractivity contribution in [2.24, 2.45) is 0 Å². The third-order valence-corrected chi connectivity index (χ3v) is 7.38. The monoisotopic (exact) mass is 561 g/mol. The van der Waals surface area contributed by atoms with Crippen LogP contribution in [0.4, 0.5) is 4.79 Å². The van der Waals surface area contributed by atoms with Crippen LogP contribution in [0.5, 0.6) is 17.2 Å². The van der Waals surface area contributed by atoms with E-state index in [1.807, 2.05) is 11.8 Å². The quantitative estimate of drug-likeness (QED) is 0.217. The standard InChI is InChI=1S/C23H24OS.C8H9NO3.C2H6O/c1-3-18-25-23(19-10-6-4-7-11-19,20-12-8-5-9-13-20)21-14-16-22(24-2)17-15-21;1-9-8(11)12-7-4-2-6(10)3-5-7;1-3-2/h4-17H,3,18H2,1-2H3;2-5,10H,1H3,(H,9,11);1-2H3. The van der Waals surface area contributed by atoms with Crippen molar-refractivity contribution in [3.8, 4) is 17.2 Å². The van der Waals surface area contributed by atoms with Crippen LogP contribution in [0.1, 0.15) is 30.0 Å². The van der Waals surface area contributed by atoms with Gasteiger partial charge in [-0.15, -0.1) is 11.8 Å². The van der Waals surface area contributed by atoms with E-state index in [9.17, 15) is 4.79 Å². The lowest BCUT2D eigenvalue weighted by atomic mass is 9.84. The normalized spacial score (nSPS) is 10.2. The molecule has 0 aromatic heterocycles. The Labute approximate surface area is 242 Å². The second-order valence-electron chi connectivity index (χ2n) is 8.53. The maximum atomic E-state index is 10.7. The minimum Gasteiger partial charge on any atom is -0.508 e.